The number of hydrogen-bond donors (Lipinski definition) is 0. The summed E-state index contributed by atoms with van der Waals surface area (Å²) >= 11 is 0. The number of benzene rings is 2. The van der Waals surface area contributed by atoms with Crippen LogP contribution in [0.5, 0.6) is 0 Å². The number of non-ortho nitro benzene ring substituents is 1. The van der Waals surface area contributed by atoms with Crippen LogP contribution >= 0.6 is 0 Å². The number of nitro groups is 1. The van der Waals surface area contributed by atoms with E-state index in [0.29, 0.717) is 27.7 Å². The lowest BCUT2D eigenvalue weighted by molar-refractivity contribution is -0.384. The Balaban J connectivity index is 2.03. The van der Waals surface area contributed by atoms with E-state index in [2.05, 4.69) is 4.98 Å². The molecule has 0 radical (unpaired) electrons. The summed E-state index contributed by atoms with van der Waals surface area (Å²) in [7, 11) is 0. The second kappa shape index (κ2) is 3.96. The summed E-state index contributed by atoms with van der Waals surface area (Å²) in [5, 5.41) is 11.4. The normalized spacial score (nSPS) is 12.3. The fourth-order valence-corrected chi connectivity index (χ4v) is 2.69. The largest absolute Gasteiger partial charge is 0.289 e. The highest BCUT2D eigenvalue weighted by Crippen LogP contribution is 2.37. The molecule has 5 nitrogen and oxygen atoms in total. The summed E-state index contributed by atoms with van der Waals surface area (Å²) in [6.07, 6.45) is 0. The molecule has 1 aliphatic rings. The number of nitrogens with zero attached hydrogens (tertiary/aromatic N) is 2. The highest BCUT2D eigenvalue weighted by Gasteiger charge is 2.28. The van der Waals surface area contributed by atoms with Crippen molar-refractivity contribution < 1.29 is 9.72 Å². The van der Waals surface area contributed by atoms with E-state index >= 15 is 0 Å². The van der Waals surface area contributed by atoms with Crippen LogP contribution in [0, 0.1) is 10.1 Å². The average molecular weight is 276 g/mol. The van der Waals surface area contributed by atoms with Gasteiger partial charge >= 0.3 is 0 Å². The minimum atomic E-state index is -0.455. The van der Waals surface area contributed by atoms with Gasteiger partial charge in [0.25, 0.3) is 5.69 Å². The van der Waals surface area contributed by atoms with Gasteiger partial charge in [-0.2, -0.15) is 0 Å². The monoisotopic (exact) mass is 276 g/mol. The van der Waals surface area contributed by atoms with Gasteiger partial charge in [0, 0.05) is 34.2 Å². The van der Waals surface area contributed by atoms with Gasteiger partial charge < -0.3 is 0 Å². The van der Waals surface area contributed by atoms with Crippen molar-refractivity contribution in [1.82, 2.24) is 4.98 Å². The first-order chi connectivity index (χ1) is 10.1. The molecule has 1 heterocycles. The molecular weight excluding hydrogens is 268 g/mol. The molecule has 2 aromatic carbocycles. The average Bonchev–Trinajstić information content (AvgIpc) is 2.78. The van der Waals surface area contributed by atoms with Crippen molar-refractivity contribution in [2.75, 3.05) is 0 Å². The van der Waals surface area contributed by atoms with E-state index in [1.165, 1.54) is 12.1 Å². The fraction of sp³-hybridized carbons (Fsp3) is 0. The first-order valence-corrected chi connectivity index (χ1v) is 6.38. The molecule has 0 bridgehead atoms. The number of carbonyl (C=O) groups excluding carboxylic acids is 1. The summed E-state index contributed by atoms with van der Waals surface area (Å²) in [5.74, 6) is -0.0819. The van der Waals surface area contributed by atoms with Gasteiger partial charge in [0.1, 0.15) is 0 Å². The van der Waals surface area contributed by atoms with E-state index in [-0.39, 0.29) is 11.5 Å². The molecule has 0 spiro atoms. The van der Waals surface area contributed by atoms with Crippen molar-refractivity contribution in [3.63, 3.8) is 0 Å². The summed E-state index contributed by atoms with van der Waals surface area (Å²) in [6, 6.07) is 13.5. The van der Waals surface area contributed by atoms with Crippen molar-refractivity contribution in [1.29, 1.82) is 0 Å². The van der Waals surface area contributed by atoms with E-state index in [4.69, 9.17) is 0 Å². The van der Waals surface area contributed by atoms with Gasteiger partial charge in [-0.05, 0) is 12.1 Å². The Hall–Kier alpha value is -3.08. The zero-order valence-corrected chi connectivity index (χ0v) is 10.7. The molecule has 100 valence electrons. The smallest absolute Gasteiger partial charge is 0.270 e. The topological polar surface area (TPSA) is 73.1 Å². The summed E-state index contributed by atoms with van der Waals surface area (Å²) < 4.78 is 0. The molecule has 0 amide bonds. The first kappa shape index (κ1) is 11.7. The molecule has 0 unspecified atom stereocenters. The number of nitro benzene ring substituents is 1. The third-order valence-corrected chi connectivity index (χ3v) is 3.68. The van der Waals surface area contributed by atoms with E-state index < -0.39 is 4.92 Å². The number of pyridine rings is 1. The maximum Gasteiger partial charge on any atom is 0.270 e. The molecule has 0 atom stereocenters. The lowest BCUT2D eigenvalue weighted by Crippen LogP contribution is -1.96. The lowest BCUT2D eigenvalue weighted by atomic mass is 10.1. The van der Waals surface area contributed by atoms with Crippen LogP contribution in [0.25, 0.3) is 22.2 Å². The second-order valence-electron chi connectivity index (χ2n) is 4.89. The highest BCUT2D eigenvalue weighted by atomic mass is 16.6. The number of rotatable bonds is 1. The van der Waals surface area contributed by atoms with Gasteiger partial charge in [-0.3, -0.25) is 14.9 Å². The molecule has 0 saturated carbocycles. The van der Waals surface area contributed by atoms with Crippen LogP contribution in [0.1, 0.15) is 15.9 Å². The quantitative estimate of drug-likeness (QED) is 0.394. The second-order valence-corrected chi connectivity index (χ2v) is 4.89. The number of fused-ring (bicyclic) bond motifs is 4. The zero-order valence-electron chi connectivity index (χ0n) is 10.7. The third kappa shape index (κ3) is 1.57. The molecule has 0 saturated heterocycles. The van der Waals surface area contributed by atoms with Crippen LogP contribution < -0.4 is 0 Å². The predicted octanol–water partition coefficient (Wildman–Crippen LogP) is 3.35. The van der Waals surface area contributed by atoms with Gasteiger partial charge in [-0.1, -0.05) is 24.3 Å². The highest BCUT2D eigenvalue weighted by molar-refractivity contribution is 6.22. The molecule has 1 aromatic heterocycles. The van der Waals surface area contributed by atoms with Crippen LogP contribution in [0.3, 0.4) is 0 Å². The number of ketones is 1. The van der Waals surface area contributed by atoms with E-state index in [1.54, 1.807) is 18.2 Å². The van der Waals surface area contributed by atoms with Crippen LogP contribution in [0.15, 0.2) is 48.5 Å². The van der Waals surface area contributed by atoms with Crippen molar-refractivity contribution in [2.45, 2.75) is 0 Å². The van der Waals surface area contributed by atoms with Crippen LogP contribution in [-0.4, -0.2) is 15.7 Å². The predicted molar refractivity (Wildman–Crippen MR) is 77.3 cm³/mol. The molecule has 4 rings (SSSR count). The van der Waals surface area contributed by atoms with Crippen molar-refractivity contribution >= 4 is 22.4 Å². The third-order valence-electron chi connectivity index (χ3n) is 3.68. The van der Waals surface area contributed by atoms with Gasteiger partial charge in [-0.15, -0.1) is 0 Å². The van der Waals surface area contributed by atoms with Crippen LogP contribution in [-0.2, 0) is 0 Å². The van der Waals surface area contributed by atoms with Crippen molar-refractivity contribution in [3.8, 4) is 11.3 Å². The van der Waals surface area contributed by atoms with Crippen molar-refractivity contribution in [2.24, 2.45) is 0 Å². The molecule has 21 heavy (non-hydrogen) atoms. The van der Waals surface area contributed by atoms with Gasteiger partial charge in [0.05, 0.1) is 16.1 Å². The van der Waals surface area contributed by atoms with E-state index in [9.17, 15) is 14.9 Å². The Morgan fingerprint density at radius 3 is 2.48 bits per heavy atom. The van der Waals surface area contributed by atoms with Gasteiger partial charge in [-0.25, -0.2) is 4.98 Å². The zero-order chi connectivity index (χ0) is 14.6. The van der Waals surface area contributed by atoms with Crippen molar-refractivity contribution in [3.05, 3.63) is 69.8 Å². The number of aromatic nitrogens is 1. The standard InChI is InChI=1S/C16H8N2O3/c19-16-12-4-2-1-3-11(12)15-13(16)8-9-7-10(18(20)21)5-6-14(9)17-15/h1-8H. The van der Waals surface area contributed by atoms with Gasteiger partial charge in [0.15, 0.2) is 5.78 Å². The molecular formula is C16H8N2O3. The SMILES string of the molecule is O=C1c2ccccc2-c2nc3ccc([N+](=O)[O-])cc3cc21. The Labute approximate surface area is 119 Å². The molecule has 0 aliphatic heterocycles. The van der Waals surface area contributed by atoms with E-state index in [1.807, 2.05) is 18.2 Å². The van der Waals surface area contributed by atoms with Gasteiger partial charge in [0.2, 0.25) is 0 Å². The number of hydrogen-bond acceptors (Lipinski definition) is 4. The number of carbonyl (C=O) groups is 1. The molecule has 0 fully saturated rings. The first-order valence-electron chi connectivity index (χ1n) is 6.38. The minimum Gasteiger partial charge on any atom is -0.289 e. The molecule has 0 N–H and O–H groups in total. The fourth-order valence-electron chi connectivity index (χ4n) is 2.69. The Morgan fingerprint density at radius 1 is 0.952 bits per heavy atom. The summed E-state index contributed by atoms with van der Waals surface area (Å²) in [5.41, 5.74) is 3.24. The Morgan fingerprint density at radius 2 is 1.71 bits per heavy atom. The molecule has 3 aromatic rings. The maximum absolute atomic E-state index is 12.4. The Bertz CT molecular complexity index is 947. The van der Waals surface area contributed by atoms with Crippen LogP contribution in [0.4, 0.5) is 5.69 Å². The summed E-state index contributed by atoms with van der Waals surface area (Å²) in [4.78, 5) is 27.3. The maximum atomic E-state index is 12.4. The van der Waals surface area contributed by atoms with Crippen LogP contribution in [0.2, 0.25) is 0 Å². The molecule has 1 aliphatic carbocycles. The lowest BCUT2D eigenvalue weighted by Gasteiger charge is -2.02. The minimum absolute atomic E-state index is 0.00721. The summed E-state index contributed by atoms with van der Waals surface area (Å²) in [6.45, 7) is 0. The van der Waals surface area contributed by atoms with E-state index in [0.717, 1.165) is 5.56 Å². The Kier molecular flexibility index (Phi) is 2.21. The molecule has 5 heteroatoms.